The maximum Gasteiger partial charge on any atom is 0.249 e. The summed E-state index contributed by atoms with van der Waals surface area (Å²) in [5.41, 5.74) is 0.722. The Morgan fingerprint density at radius 3 is 2.25 bits per heavy atom. The number of nitrogens with zero attached hydrogens (tertiary/aromatic N) is 1. The van der Waals surface area contributed by atoms with Crippen LogP contribution in [0.4, 0.5) is 0 Å². The van der Waals surface area contributed by atoms with E-state index in [1.807, 2.05) is 24.8 Å². The van der Waals surface area contributed by atoms with Crippen LogP contribution in [0, 0.1) is 0 Å². The van der Waals surface area contributed by atoms with E-state index in [2.05, 4.69) is 0 Å². The van der Waals surface area contributed by atoms with Gasteiger partial charge in [-0.1, -0.05) is 25.3 Å². The number of carbonyl (C=O) groups excluding carboxylic acids is 1. The summed E-state index contributed by atoms with van der Waals surface area (Å²) >= 11 is 0. The van der Waals surface area contributed by atoms with Gasteiger partial charge >= 0.3 is 0 Å². The Labute approximate surface area is 122 Å². The molecule has 0 radical (unpaired) electrons. The number of rotatable bonds is 3. The zero-order valence-electron chi connectivity index (χ0n) is 12.5. The first-order chi connectivity index (χ1) is 9.44. The van der Waals surface area contributed by atoms with Gasteiger partial charge in [-0.25, -0.2) is 8.42 Å². The molecule has 0 N–H and O–H groups in total. The van der Waals surface area contributed by atoms with Gasteiger partial charge < -0.3 is 4.90 Å². The predicted molar refractivity (Wildman–Crippen MR) is 80.2 cm³/mol. The lowest BCUT2D eigenvalue weighted by atomic mass is 9.92. The SMILES string of the molecule is CC=C(C)C(=O)N(C1CCCCC1)C1CCS(=O)(=O)C1. The van der Waals surface area contributed by atoms with E-state index in [0.717, 1.165) is 31.3 Å². The quantitative estimate of drug-likeness (QED) is 0.751. The summed E-state index contributed by atoms with van der Waals surface area (Å²) in [6.45, 7) is 3.68. The number of amides is 1. The van der Waals surface area contributed by atoms with Crippen LogP contribution in [0.1, 0.15) is 52.4 Å². The van der Waals surface area contributed by atoms with E-state index >= 15 is 0 Å². The first kappa shape index (κ1) is 15.5. The van der Waals surface area contributed by atoms with Gasteiger partial charge in [-0.3, -0.25) is 4.79 Å². The summed E-state index contributed by atoms with van der Waals surface area (Å²) in [6, 6.07) is 0.106. The van der Waals surface area contributed by atoms with Gasteiger partial charge in [-0.2, -0.15) is 0 Å². The number of hydrogen-bond donors (Lipinski definition) is 0. The minimum Gasteiger partial charge on any atom is -0.332 e. The summed E-state index contributed by atoms with van der Waals surface area (Å²) in [5, 5.41) is 0. The van der Waals surface area contributed by atoms with Crippen LogP contribution in [0.3, 0.4) is 0 Å². The van der Waals surface area contributed by atoms with Crippen LogP contribution in [0.25, 0.3) is 0 Å². The van der Waals surface area contributed by atoms with Crippen molar-refractivity contribution in [2.24, 2.45) is 0 Å². The van der Waals surface area contributed by atoms with Crippen LogP contribution in [0.5, 0.6) is 0 Å². The summed E-state index contributed by atoms with van der Waals surface area (Å²) < 4.78 is 23.5. The van der Waals surface area contributed by atoms with Crippen LogP contribution < -0.4 is 0 Å². The molecule has 1 heterocycles. The Hall–Kier alpha value is -0.840. The molecule has 2 rings (SSSR count). The molecule has 2 fully saturated rings. The average molecular weight is 299 g/mol. The van der Waals surface area contributed by atoms with Crippen molar-refractivity contribution in [3.63, 3.8) is 0 Å². The summed E-state index contributed by atoms with van der Waals surface area (Å²) in [6.07, 6.45) is 7.96. The van der Waals surface area contributed by atoms with Gasteiger partial charge in [-0.05, 0) is 33.1 Å². The van der Waals surface area contributed by atoms with E-state index in [1.54, 1.807) is 0 Å². The van der Waals surface area contributed by atoms with Crippen molar-refractivity contribution in [3.8, 4) is 0 Å². The van der Waals surface area contributed by atoms with Crippen LogP contribution in [0.2, 0.25) is 0 Å². The number of allylic oxidation sites excluding steroid dienone is 1. The fraction of sp³-hybridized carbons (Fsp3) is 0.800. The number of carbonyl (C=O) groups is 1. The van der Waals surface area contributed by atoms with Crippen molar-refractivity contribution in [2.45, 2.75) is 64.5 Å². The molecule has 1 saturated carbocycles. The molecule has 2 aliphatic rings. The normalized spacial score (nSPS) is 27.5. The maximum absolute atomic E-state index is 12.6. The zero-order chi connectivity index (χ0) is 14.8. The maximum atomic E-state index is 12.6. The Bertz CT molecular complexity index is 489. The Morgan fingerprint density at radius 1 is 1.10 bits per heavy atom. The third-order valence-electron chi connectivity index (χ3n) is 4.57. The van der Waals surface area contributed by atoms with Crippen molar-refractivity contribution in [3.05, 3.63) is 11.6 Å². The van der Waals surface area contributed by atoms with Crippen LogP contribution in [0.15, 0.2) is 11.6 Å². The predicted octanol–water partition coefficient (Wildman–Crippen LogP) is 2.30. The molecule has 1 atom stereocenters. The second kappa shape index (κ2) is 6.29. The highest BCUT2D eigenvalue weighted by atomic mass is 32.2. The van der Waals surface area contributed by atoms with Gasteiger partial charge in [0.1, 0.15) is 0 Å². The smallest absolute Gasteiger partial charge is 0.249 e. The molecule has 0 bridgehead atoms. The largest absolute Gasteiger partial charge is 0.332 e. The molecule has 1 unspecified atom stereocenters. The molecule has 5 heteroatoms. The Balaban J connectivity index is 2.22. The lowest BCUT2D eigenvalue weighted by Crippen LogP contribution is -2.49. The van der Waals surface area contributed by atoms with Crippen molar-refractivity contribution in [2.75, 3.05) is 11.5 Å². The summed E-state index contributed by atoms with van der Waals surface area (Å²) in [4.78, 5) is 14.5. The first-order valence-corrected chi connectivity index (χ1v) is 9.43. The standard InChI is InChI=1S/C15H25NO3S/c1-3-12(2)15(17)16(13-7-5-4-6-8-13)14-9-10-20(18,19)11-14/h3,13-14H,4-11H2,1-2H3. The fourth-order valence-corrected chi connectivity index (χ4v) is 5.02. The molecular weight excluding hydrogens is 274 g/mol. The van der Waals surface area contributed by atoms with E-state index in [4.69, 9.17) is 0 Å². The summed E-state index contributed by atoms with van der Waals surface area (Å²) in [7, 11) is -2.96. The molecule has 114 valence electrons. The van der Waals surface area contributed by atoms with Gasteiger partial charge in [0.05, 0.1) is 11.5 Å². The summed E-state index contributed by atoms with van der Waals surface area (Å²) in [5.74, 6) is 0.399. The molecule has 1 aliphatic heterocycles. The molecule has 1 aliphatic carbocycles. The molecule has 4 nitrogen and oxygen atoms in total. The average Bonchev–Trinajstić information content (AvgIpc) is 2.79. The van der Waals surface area contributed by atoms with Crippen molar-refractivity contribution in [1.82, 2.24) is 4.90 Å². The van der Waals surface area contributed by atoms with Crippen LogP contribution >= 0.6 is 0 Å². The topological polar surface area (TPSA) is 54.5 Å². The molecule has 0 aromatic carbocycles. The molecular formula is C15H25NO3S. The second-order valence-electron chi connectivity index (χ2n) is 6.03. The fourth-order valence-electron chi connectivity index (χ4n) is 3.31. The lowest BCUT2D eigenvalue weighted by molar-refractivity contribution is -0.132. The molecule has 0 aromatic heterocycles. The van der Waals surface area contributed by atoms with E-state index in [9.17, 15) is 13.2 Å². The van der Waals surface area contributed by atoms with Gasteiger partial charge in [0, 0.05) is 17.7 Å². The minimum atomic E-state index is -2.96. The molecule has 1 saturated heterocycles. The monoisotopic (exact) mass is 299 g/mol. The molecule has 20 heavy (non-hydrogen) atoms. The van der Waals surface area contributed by atoms with Crippen molar-refractivity contribution in [1.29, 1.82) is 0 Å². The number of sulfone groups is 1. The van der Waals surface area contributed by atoms with Crippen molar-refractivity contribution >= 4 is 15.7 Å². The van der Waals surface area contributed by atoms with Gasteiger partial charge in [0.25, 0.3) is 0 Å². The van der Waals surface area contributed by atoms with Crippen molar-refractivity contribution < 1.29 is 13.2 Å². The Morgan fingerprint density at radius 2 is 1.75 bits per heavy atom. The molecule has 0 aromatic rings. The van der Waals surface area contributed by atoms with E-state index < -0.39 is 9.84 Å². The van der Waals surface area contributed by atoms with Crippen LogP contribution in [-0.4, -0.2) is 42.8 Å². The third-order valence-corrected chi connectivity index (χ3v) is 6.33. The van der Waals surface area contributed by atoms with E-state index in [0.29, 0.717) is 6.42 Å². The highest BCUT2D eigenvalue weighted by Crippen LogP contribution is 2.29. The highest BCUT2D eigenvalue weighted by molar-refractivity contribution is 7.91. The Kier molecular flexibility index (Phi) is 4.89. The third kappa shape index (κ3) is 3.43. The van der Waals surface area contributed by atoms with E-state index in [1.165, 1.54) is 6.42 Å². The van der Waals surface area contributed by atoms with Gasteiger partial charge in [0.2, 0.25) is 5.91 Å². The zero-order valence-corrected chi connectivity index (χ0v) is 13.3. The first-order valence-electron chi connectivity index (χ1n) is 7.60. The minimum absolute atomic E-state index is 0.0292. The van der Waals surface area contributed by atoms with Gasteiger partial charge in [-0.15, -0.1) is 0 Å². The van der Waals surface area contributed by atoms with Crippen LogP contribution in [-0.2, 0) is 14.6 Å². The second-order valence-corrected chi connectivity index (χ2v) is 8.26. The van der Waals surface area contributed by atoms with E-state index in [-0.39, 0.29) is 29.5 Å². The molecule has 0 spiro atoms. The lowest BCUT2D eigenvalue weighted by Gasteiger charge is -2.38. The molecule has 1 amide bonds. The van der Waals surface area contributed by atoms with Gasteiger partial charge in [0.15, 0.2) is 9.84 Å². The number of hydrogen-bond acceptors (Lipinski definition) is 3. The highest BCUT2D eigenvalue weighted by Gasteiger charge is 2.38.